The highest BCUT2D eigenvalue weighted by molar-refractivity contribution is 5.67. The van der Waals surface area contributed by atoms with Gasteiger partial charge in [0.2, 0.25) is 0 Å². The summed E-state index contributed by atoms with van der Waals surface area (Å²) < 4.78 is 5.19. The van der Waals surface area contributed by atoms with Crippen LogP contribution in [0.25, 0.3) is 0 Å². The minimum Gasteiger partial charge on any atom is -0.444 e. The third-order valence-corrected chi connectivity index (χ3v) is 2.95. The number of anilines is 1. The largest absolute Gasteiger partial charge is 0.444 e. The highest BCUT2D eigenvalue weighted by atomic mass is 16.6. The average molecular weight is 293 g/mol. The molecule has 1 aromatic rings. The molecule has 0 fully saturated rings. The Labute approximate surface area is 127 Å². The van der Waals surface area contributed by atoms with Crippen molar-refractivity contribution in [2.75, 3.05) is 18.4 Å². The number of hydrogen-bond donors (Lipinski definition) is 3. The number of ether oxygens (including phenoxy) is 1. The van der Waals surface area contributed by atoms with Crippen LogP contribution in [0.2, 0.25) is 0 Å². The molecule has 0 saturated carbocycles. The van der Waals surface area contributed by atoms with E-state index in [4.69, 9.17) is 10.5 Å². The molecule has 0 spiro atoms. The van der Waals surface area contributed by atoms with Crippen LogP contribution in [0, 0.1) is 6.92 Å². The molecule has 0 aliphatic heterocycles. The lowest BCUT2D eigenvalue weighted by Gasteiger charge is -2.22. The monoisotopic (exact) mass is 293 g/mol. The number of carbonyl (C=O) groups is 1. The van der Waals surface area contributed by atoms with Crippen molar-refractivity contribution in [3.8, 4) is 0 Å². The normalized spacial score (nSPS) is 12.6. The summed E-state index contributed by atoms with van der Waals surface area (Å²) >= 11 is 0. The maximum absolute atomic E-state index is 11.6. The van der Waals surface area contributed by atoms with Gasteiger partial charge in [0.15, 0.2) is 0 Å². The number of rotatable bonds is 6. The van der Waals surface area contributed by atoms with Crippen molar-refractivity contribution in [1.29, 1.82) is 0 Å². The lowest BCUT2D eigenvalue weighted by molar-refractivity contribution is 0.0527. The zero-order valence-corrected chi connectivity index (χ0v) is 13.4. The second-order valence-electron chi connectivity index (χ2n) is 6.11. The molecule has 5 nitrogen and oxygen atoms in total. The number of alkyl carbamates (subject to hydrolysis) is 1. The minimum absolute atomic E-state index is 0.112. The molecule has 0 bridgehead atoms. The number of nitrogens with two attached hydrogens (primary N) is 1. The van der Waals surface area contributed by atoms with E-state index in [1.54, 1.807) is 0 Å². The SMILES string of the molecule is Cc1ccccc1NC(CN)CCNC(=O)OC(C)(C)C. The molecular weight excluding hydrogens is 266 g/mol. The van der Waals surface area contributed by atoms with Crippen molar-refractivity contribution >= 4 is 11.8 Å². The fourth-order valence-electron chi connectivity index (χ4n) is 1.87. The molecule has 118 valence electrons. The van der Waals surface area contributed by atoms with E-state index in [1.165, 1.54) is 5.56 Å². The molecular formula is C16H27N3O2. The molecule has 1 atom stereocenters. The number of hydrogen-bond acceptors (Lipinski definition) is 4. The van der Waals surface area contributed by atoms with Gasteiger partial charge in [0, 0.05) is 24.8 Å². The number of nitrogens with one attached hydrogen (secondary N) is 2. The third-order valence-electron chi connectivity index (χ3n) is 2.95. The van der Waals surface area contributed by atoms with E-state index in [9.17, 15) is 4.79 Å². The Bertz CT molecular complexity index is 455. The molecule has 21 heavy (non-hydrogen) atoms. The highest BCUT2D eigenvalue weighted by Gasteiger charge is 2.16. The number of para-hydroxylation sites is 1. The molecule has 0 heterocycles. The van der Waals surface area contributed by atoms with Crippen LogP contribution in [-0.2, 0) is 4.74 Å². The van der Waals surface area contributed by atoms with Gasteiger partial charge in [-0.05, 0) is 45.7 Å². The van der Waals surface area contributed by atoms with Crippen molar-refractivity contribution < 1.29 is 9.53 Å². The standard InChI is InChI=1S/C16H27N3O2/c1-12-7-5-6-8-14(12)19-13(11-17)9-10-18-15(20)21-16(2,3)4/h5-8,13,19H,9-11,17H2,1-4H3,(H,18,20). The van der Waals surface area contributed by atoms with Crippen LogP contribution in [0.3, 0.4) is 0 Å². The van der Waals surface area contributed by atoms with Crippen LogP contribution in [-0.4, -0.2) is 30.8 Å². The number of carbonyl (C=O) groups excluding carboxylic acids is 1. The zero-order valence-electron chi connectivity index (χ0n) is 13.4. The van der Waals surface area contributed by atoms with Crippen molar-refractivity contribution in [2.24, 2.45) is 5.73 Å². The second kappa shape index (κ2) is 7.88. The first-order valence-electron chi connectivity index (χ1n) is 7.31. The number of amides is 1. The van der Waals surface area contributed by atoms with Crippen LogP contribution < -0.4 is 16.4 Å². The highest BCUT2D eigenvalue weighted by Crippen LogP contribution is 2.15. The van der Waals surface area contributed by atoms with E-state index in [0.717, 1.165) is 12.1 Å². The molecule has 1 aromatic carbocycles. The first-order chi connectivity index (χ1) is 9.81. The van der Waals surface area contributed by atoms with E-state index in [2.05, 4.69) is 23.6 Å². The summed E-state index contributed by atoms with van der Waals surface area (Å²) in [5.74, 6) is 0. The van der Waals surface area contributed by atoms with Gasteiger partial charge in [-0.1, -0.05) is 18.2 Å². The Morgan fingerprint density at radius 3 is 2.57 bits per heavy atom. The summed E-state index contributed by atoms with van der Waals surface area (Å²) in [5.41, 5.74) is 7.56. The van der Waals surface area contributed by atoms with E-state index >= 15 is 0 Å². The van der Waals surface area contributed by atoms with Crippen LogP contribution in [0.15, 0.2) is 24.3 Å². The van der Waals surface area contributed by atoms with Crippen LogP contribution >= 0.6 is 0 Å². The summed E-state index contributed by atoms with van der Waals surface area (Å²) in [6.07, 6.45) is 0.346. The fraction of sp³-hybridized carbons (Fsp3) is 0.562. The number of benzene rings is 1. The lowest BCUT2D eigenvalue weighted by Crippen LogP contribution is -2.37. The molecule has 0 radical (unpaired) electrons. The Kier molecular flexibility index (Phi) is 6.49. The van der Waals surface area contributed by atoms with Gasteiger partial charge in [0.1, 0.15) is 5.60 Å². The maximum atomic E-state index is 11.6. The first kappa shape index (κ1) is 17.3. The Morgan fingerprint density at radius 1 is 1.33 bits per heavy atom. The number of aryl methyl sites for hydroxylation is 1. The molecule has 1 rings (SSSR count). The van der Waals surface area contributed by atoms with Gasteiger partial charge in [0.25, 0.3) is 0 Å². The van der Waals surface area contributed by atoms with Gasteiger partial charge >= 0.3 is 6.09 Å². The predicted octanol–water partition coefficient (Wildman–Crippen LogP) is 2.65. The van der Waals surface area contributed by atoms with Gasteiger partial charge in [-0.2, -0.15) is 0 Å². The molecule has 0 aliphatic rings. The van der Waals surface area contributed by atoms with Crippen molar-refractivity contribution in [3.63, 3.8) is 0 Å². The molecule has 1 amide bonds. The Balaban J connectivity index is 2.38. The van der Waals surface area contributed by atoms with E-state index in [0.29, 0.717) is 13.1 Å². The van der Waals surface area contributed by atoms with E-state index < -0.39 is 11.7 Å². The lowest BCUT2D eigenvalue weighted by atomic mass is 10.1. The minimum atomic E-state index is -0.475. The molecule has 0 aliphatic carbocycles. The smallest absolute Gasteiger partial charge is 0.407 e. The van der Waals surface area contributed by atoms with Crippen molar-refractivity contribution in [2.45, 2.75) is 45.8 Å². The first-order valence-corrected chi connectivity index (χ1v) is 7.31. The van der Waals surface area contributed by atoms with E-state index in [-0.39, 0.29) is 6.04 Å². The van der Waals surface area contributed by atoms with Gasteiger partial charge in [-0.15, -0.1) is 0 Å². The Hall–Kier alpha value is -1.75. The van der Waals surface area contributed by atoms with Crippen LogP contribution in [0.4, 0.5) is 10.5 Å². The fourth-order valence-corrected chi connectivity index (χ4v) is 1.87. The molecule has 0 aromatic heterocycles. The summed E-state index contributed by atoms with van der Waals surface area (Å²) in [6, 6.07) is 8.18. The maximum Gasteiger partial charge on any atom is 0.407 e. The zero-order chi connectivity index (χ0) is 15.9. The summed E-state index contributed by atoms with van der Waals surface area (Å²) in [5, 5.41) is 6.15. The quantitative estimate of drug-likeness (QED) is 0.753. The average Bonchev–Trinajstić information content (AvgIpc) is 2.37. The topological polar surface area (TPSA) is 76.4 Å². The summed E-state index contributed by atoms with van der Waals surface area (Å²) in [7, 11) is 0. The molecule has 4 N–H and O–H groups in total. The summed E-state index contributed by atoms with van der Waals surface area (Å²) in [4.78, 5) is 11.6. The molecule has 5 heteroatoms. The van der Waals surface area contributed by atoms with Crippen molar-refractivity contribution in [1.82, 2.24) is 5.32 Å². The van der Waals surface area contributed by atoms with E-state index in [1.807, 2.05) is 39.0 Å². The van der Waals surface area contributed by atoms with Crippen molar-refractivity contribution in [3.05, 3.63) is 29.8 Å². The van der Waals surface area contributed by atoms with Gasteiger partial charge in [0.05, 0.1) is 0 Å². The van der Waals surface area contributed by atoms with Crippen LogP contribution in [0.1, 0.15) is 32.8 Å². The van der Waals surface area contributed by atoms with Gasteiger partial charge in [-0.3, -0.25) is 0 Å². The van der Waals surface area contributed by atoms with Gasteiger partial charge < -0.3 is 21.1 Å². The second-order valence-corrected chi connectivity index (χ2v) is 6.11. The summed E-state index contributed by atoms with van der Waals surface area (Å²) in [6.45, 7) is 8.61. The molecule has 0 saturated heterocycles. The Morgan fingerprint density at radius 2 is 2.00 bits per heavy atom. The van der Waals surface area contributed by atoms with Crippen LogP contribution in [0.5, 0.6) is 0 Å². The third kappa shape index (κ3) is 6.99. The predicted molar refractivity (Wildman–Crippen MR) is 86.5 cm³/mol. The molecule has 1 unspecified atom stereocenters. The van der Waals surface area contributed by atoms with Gasteiger partial charge in [-0.25, -0.2) is 4.79 Å².